The molecule has 0 aliphatic heterocycles. The summed E-state index contributed by atoms with van der Waals surface area (Å²) in [5.74, 6) is -4.10. The van der Waals surface area contributed by atoms with Gasteiger partial charge in [0.05, 0.1) is 13.5 Å². The fourth-order valence-electron chi connectivity index (χ4n) is 2.15. The molecule has 3 rings (SSSR count). The molecule has 2 N–H and O–H groups in total. The SMILES string of the molecule is [2H]c1c(F)c(Oc2cc(C(C)C([2H])([2H])[2H])c(=O)[nH]n2)c(Cl)c([2H])c1-n1nc(C#N)c(=O)[nH]c1=O. The van der Waals surface area contributed by atoms with Crippen LogP contribution in [0.4, 0.5) is 4.39 Å². The first-order chi connectivity index (χ1) is 15.8. The third-order valence-corrected chi connectivity index (χ3v) is 3.75. The number of ether oxygens (including phenoxy) is 1. The Labute approximate surface area is 173 Å². The molecule has 1 unspecified atom stereocenters. The predicted octanol–water partition coefficient (Wildman–Crippen LogP) is 1.58. The Kier molecular flexibility index (Phi) is 3.78. The largest absolute Gasteiger partial charge is 0.433 e. The highest BCUT2D eigenvalue weighted by atomic mass is 35.5. The van der Waals surface area contributed by atoms with Crippen LogP contribution in [0.5, 0.6) is 11.6 Å². The van der Waals surface area contributed by atoms with Crippen LogP contribution in [0.3, 0.4) is 0 Å². The van der Waals surface area contributed by atoms with Gasteiger partial charge in [0, 0.05) is 21.8 Å². The number of nitrogens with zero attached hydrogens (tertiary/aromatic N) is 4. The van der Waals surface area contributed by atoms with Crippen LogP contribution in [-0.2, 0) is 0 Å². The number of nitrogens with one attached hydrogen (secondary N) is 2. The molecule has 0 aliphatic carbocycles. The maximum absolute atomic E-state index is 15.0. The van der Waals surface area contributed by atoms with Gasteiger partial charge in [-0.2, -0.15) is 9.94 Å². The minimum Gasteiger partial charge on any atom is -0.433 e. The zero-order chi connectivity index (χ0) is 25.5. The summed E-state index contributed by atoms with van der Waals surface area (Å²) in [6, 6.07) is 0.427. The van der Waals surface area contributed by atoms with Crippen molar-refractivity contribution in [3.63, 3.8) is 0 Å². The van der Waals surface area contributed by atoms with Crippen LogP contribution >= 0.6 is 11.6 Å². The molecule has 148 valence electrons. The molecule has 12 heteroatoms. The summed E-state index contributed by atoms with van der Waals surface area (Å²) < 4.78 is 59.1. The molecule has 0 spiro atoms. The number of H-pyrrole nitrogens is 2. The van der Waals surface area contributed by atoms with E-state index in [1.165, 1.54) is 13.0 Å². The Hall–Kier alpha value is -3.78. The van der Waals surface area contributed by atoms with Crippen molar-refractivity contribution < 1.29 is 16.0 Å². The number of hydrogen-bond acceptors (Lipinski definition) is 7. The quantitative estimate of drug-likeness (QED) is 0.647. The number of aromatic amines is 2. The predicted molar refractivity (Wildman–Crippen MR) is 99.2 cm³/mol. The van der Waals surface area contributed by atoms with Gasteiger partial charge in [-0.3, -0.25) is 14.6 Å². The molecule has 0 bridgehead atoms. The first-order valence-corrected chi connectivity index (χ1v) is 8.05. The van der Waals surface area contributed by atoms with Gasteiger partial charge in [-0.15, -0.1) is 10.2 Å². The van der Waals surface area contributed by atoms with Gasteiger partial charge in [-0.25, -0.2) is 14.3 Å². The molecule has 0 saturated carbocycles. The Morgan fingerprint density at radius 3 is 2.86 bits per heavy atom. The Bertz CT molecular complexity index is 1500. The highest BCUT2D eigenvalue weighted by molar-refractivity contribution is 6.32. The lowest BCUT2D eigenvalue weighted by atomic mass is 10.1. The van der Waals surface area contributed by atoms with Crippen LogP contribution in [0.1, 0.15) is 37.8 Å². The van der Waals surface area contributed by atoms with Gasteiger partial charge >= 0.3 is 5.69 Å². The lowest BCUT2D eigenvalue weighted by Crippen LogP contribution is -2.33. The summed E-state index contributed by atoms with van der Waals surface area (Å²) >= 11 is 6.03. The lowest BCUT2D eigenvalue weighted by molar-refractivity contribution is 0.419. The van der Waals surface area contributed by atoms with Gasteiger partial charge < -0.3 is 4.74 Å². The van der Waals surface area contributed by atoms with Crippen LogP contribution in [0, 0.1) is 17.1 Å². The van der Waals surface area contributed by atoms with Crippen LogP contribution in [0.15, 0.2) is 32.5 Å². The molecular formula is C17H12ClFN6O4. The van der Waals surface area contributed by atoms with E-state index in [1.807, 2.05) is 5.10 Å². The summed E-state index contributed by atoms with van der Waals surface area (Å²) in [5.41, 5.74) is -5.04. The van der Waals surface area contributed by atoms with Gasteiger partial charge in [-0.05, 0) is 12.0 Å². The average Bonchev–Trinajstić information content (AvgIpc) is 2.76. The number of halogens is 2. The molecule has 29 heavy (non-hydrogen) atoms. The average molecular weight is 424 g/mol. The highest BCUT2D eigenvalue weighted by Crippen LogP contribution is 2.33. The second-order valence-electron chi connectivity index (χ2n) is 5.50. The van der Waals surface area contributed by atoms with Gasteiger partial charge in [0.1, 0.15) is 6.07 Å². The van der Waals surface area contributed by atoms with Gasteiger partial charge in [0.2, 0.25) is 11.6 Å². The Morgan fingerprint density at radius 2 is 2.17 bits per heavy atom. The minimum atomic E-state index is -2.54. The molecule has 0 radical (unpaired) electrons. The molecular weight excluding hydrogens is 407 g/mol. The molecule has 1 atom stereocenters. The molecule has 0 fully saturated rings. The molecule has 0 aliphatic rings. The van der Waals surface area contributed by atoms with Gasteiger partial charge in [-0.1, -0.05) is 25.4 Å². The Morgan fingerprint density at radius 1 is 1.41 bits per heavy atom. The number of benzene rings is 1. The van der Waals surface area contributed by atoms with E-state index in [-0.39, 0.29) is 10.2 Å². The molecule has 0 amide bonds. The highest BCUT2D eigenvalue weighted by Gasteiger charge is 2.17. The van der Waals surface area contributed by atoms with Crippen LogP contribution < -0.4 is 21.5 Å². The first-order valence-electron chi connectivity index (χ1n) is 10.2. The number of hydrogen-bond donors (Lipinski definition) is 2. The molecule has 1 aromatic carbocycles. The zero-order valence-corrected chi connectivity index (χ0v) is 15.1. The molecule has 0 saturated heterocycles. The summed E-state index contributed by atoms with van der Waals surface area (Å²) in [6.07, 6.45) is 0. The van der Waals surface area contributed by atoms with E-state index < -0.39 is 75.5 Å². The number of nitriles is 1. The van der Waals surface area contributed by atoms with Crippen LogP contribution in [0.2, 0.25) is 5.02 Å². The summed E-state index contributed by atoms with van der Waals surface area (Å²) in [7, 11) is 0. The van der Waals surface area contributed by atoms with E-state index >= 15 is 4.39 Å². The summed E-state index contributed by atoms with van der Waals surface area (Å²) in [4.78, 5) is 37.4. The van der Waals surface area contributed by atoms with Crippen molar-refractivity contribution in [2.75, 3.05) is 0 Å². The lowest BCUT2D eigenvalue weighted by Gasteiger charge is -2.11. The molecule has 2 heterocycles. The summed E-state index contributed by atoms with van der Waals surface area (Å²) in [5, 5.41) is 17.2. The minimum absolute atomic E-state index is 0.247. The maximum Gasteiger partial charge on any atom is 0.349 e. The molecule has 2 aromatic heterocycles. The van der Waals surface area contributed by atoms with Crippen LogP contribution in [-0.4, -0.2) is 25.0 Å². The van der Waals surface area contributed by atoms with Crippen molar-refractivity contribution in [1.82, 2.24) is 25.0 Å². The molecule has 3 aromatic rings. The fourth-order valence-corrected chi connectivity index (χ4v) is 2.36. The Balaban J connectivity index is 2.17. The van der Waals surface area contributed by atoms with Crippen molar-refractivity contribution in [1.29, 1.82) is 5.26 Å². The molecule has 10 nitrogen and oxygen atoms in total. The number of aromatic nitrogens is 5. The van der Waals surface area contributed by atoms with Crippen LogP contribution in [0.25, 0.3) is 5.69 Å². The van der Waals surface area contributed by atoms with E-state index in [0.29, 0.717) is 0 Å². The summed E-state index contributed by atoms with van der Waals surface area (Å²) in [6.45, 7) is -1.28. The van der Waals surface area contributed by atoms with E-state index in [2.05, 4.69) is 10.2 Å². The van der Waals surface area contributed by atoms with E-state index in [1.54, 1.807) is 4.98 Å². The van der Waals surface area contributed by atoms with Crippen molar-refractivity contribution in [2.24, 2.45) is 0 Å². The van der Waals surface area contributed by atoms with E-state index in [9.17, 15) is 14.4 Å². The van der Waals surface area contributed by atoms with E-state index in [4.69, 9.17) is 28.5 Å². The first kappa shape index (κ1) is 14.3. The van der Waals surface area contributed by atoms with Crippen molar-refractivity contribution in [2.45, 2.75) is 19.7 Å². The number of rotatable bonds is 4. The normalized spacial score (nSPS) is 14.6. The zero-order valence-electron chi connectivity index (χ0n) is 19.3. The second-order valence-corrected chi connectivity index (χ2v) is 5.88. The fraction of sp³-hybridized carbons (Fsp3) is 0.176. The smallest absolute Gasteiger partial charge is 0.349 e. The maximum atomic E-state index is 15.0. The standard InChI is InChI=1S/C17H12ClFN6O4/c1-7(2)9-5-13(22-23-15(9)26)29-14-10(18)3-8(4-11(14)19)25-17(28)21-16(27)12(6-20)24-25/h3-5,7H,1-2H3,(H,23,26)(H,21,27,28)/i1D3,3D,4D. The topological polar surface area (TPSA) is 147 Å². The van der Waals surface area contributed by atoms with Crippen molar-refractivity contribution in [3.05, 3.63) is 71.4 Å². The van der Waals surface area contributed by atoms with Gasteiger partial charge in [0.15, 0.2) is 11.6 Å². The third-order valence-electron chi connectivity index (χ3n) is 3.48. The van der Waals surface area contributed by atoms with Crippen molar-refractivity contribution >= 4 is 11.6 Å². The van der Waals surface area contributed by atoms with Crippen molar-refractivity contribution in [3.8, 4) is 23.4 Å². The monoisotopic (exact) mass is 423 g/mol. The third kappa shape index (κ3) is 3.92. The van der Waals surface area contributed by atoms with E-state index in [0.717, 1.165) is 6.07 Å². The van der Waals surface area contributed by atoms with Gasteiger partial charge in [0.25, 0.3) is 11.1 Å². The second kappa shape index (κ2) is 7.69.